The molecule has 6 nitrogen and oxygen atoms in total. The molecule has 0 bridgehead atoms. The van der Waals surface area contributed by atoms with Crippen LogP contribution in [0.1, 0.15) is 33.1 Å². The summed E-state index contributed by atoms with van der Waals surface area (Å²) < 4.78 is 54.3. The van der Waals surface area contributed by atoms with E-state index in [0.29, 0.717) is 24.9 Å². The van der Waals surface area contributed by atoms with Crippen molar-refractivity contribution < 1.29 is 22.0 Å². The highest BCUT2D eigenvalue weighted by Gasteiger charge is 2.48. The fraction of sp³-hybridized carbons (Fsp3) is 0.650. The molecule has 1 heterocycles. The number of sulfonamides is 1. The Morgan fingerprint density at radius 2 is 1.83 bits per heavy atom. The lowest BCUT2D eigenvalue weighted by Gasteiger charge is -2.35. The molecular formula is C20H29F2N3O3S. The zero-order valence-electron chi connectivity index (χ0n) is 17.0. The first kappa shape index (κ1) is 22.1. The molecule has 0 radical (unpaired) electrons. The summed E-state index contributed by atoms with van der Waals surface area (Å²) in [6.45, 7) is 4.65. The van der Waals surface area contributed by atoms with Crippen LogP contribution in [0, 0.1) is 29.4 Å². The van der Waals surface area contributed by atoms with Crippen LogP contribution in [0.15, 0.2) is 23.1 Å². The first-order valence-electron chi connectivity index (χ1n) is 9.98. The topological polar surface area (TPSA) is 83.7 Å². The van der Waals surface area contributed by atoms with Crippen molar-refractivity contribution in [2.24, 2.45) is 23.5 Å². The number of rotatable bonds is 7. The number of primary amides is 1. The van der Waals surface area contributed by atoms with Gasteiger partial charge in [0.15, 0.2) is 0 Å². The van der Waals surface area contributed by atoms with Gasteiger partial charge in [0.05, 0.1) is 10.9 Å². The molecule has 3 rings (SSSR count). The van der Waals surface area contributed by atoms with Gasteiger partial charge in [-0.25, -0.2) is 17.2 Å². The molecule has 4 atom stereocenters. The molecule has 2 N–H and O–H groups in total. The molecule has 1 aliphatic heterocycles. The maximum atomic E-state index is 13.5. The Morgan fingerprint density at radius 1 is 1.21 bits per heavy atom. The highest BCUT2D eigenvalue weighted by Crippen LogP contribution is 2.42. The average Bonchev–Trinajstić information content (AvgIpc) is 3.18. The molecule has 1 saturated heterocycles. The Hall–Kier alpha value is -1.58. The summed E-state index contributed by atoms with van der Waals surface area (Å²) in [5, 5.41) is 0. The van der Waals surface area contributed by atoms with E-state index in [1.54, 1.807) is 0 Å². The second-order valence-electron chi connectivity index (χ2n) is 8.71. The van der Waals surface area contributed by atoms with Crippen molar-refractivity contribution >= 4 is 15.9 Å². The number of carbonyl (C=O) groups excluding carboxylic acids is 1. The summed E-state index contributed by atoms with van der Waals surface area (Å²) in [6, 6.07) is 1.99. The van der Waals surface area contributed by atoms with Crippen LogP contribution in [-0.2, 0) is 14.8 Å². The molecule has 0 unspecified atom stereocenters. The molecule has 0 aromatic heterocycles. The number of carbonyl (C=O) groups is 1. The van der Waals surface area contributed by atoms with Crippen LogP contribution in [0.4, 0.5) is 8.78 Å². The maximum absolute atomic E-state index is 13.5. The van der Waals surface area contributed by atoms with Gasteiger partial charge in [-0.05, 0) is 56.2 Å². The number of hydrogen-bond donors (Lipinski definition) is 1. The van der Waals surface area contributed by atoms with Gasteiger partial charge < -0.3 is 5.73 Å². The number of benzene rings is 1. The Labute approximate surface area is 171 Å². The Balaban J connectivity index is 1.79. The van der Waals surface area contributed by atoms with Crippen molar-refractivity contribution in [1.29, 1.82) is 0 Å². The zero-order chi connectivity index (χ0) is 21.5. The third-order valence-corrected chi connectivity index (χ3v) is 8.11. The molecular weight excluding hydrogens is 400 g/mol. The van der Waals surface area contributed by atoms with E-state index in [1.807, 2.05) is 25.8 Å². The second kappa shape index (κ2) is 8.28. The first-order chi connectivity index (χ1) is 13.5. The monoisotopic (exact) mass is 429 g/mol. The first-order valence-corrected chi connectivity index (χ1v) is 11.4. The van der Waals surface area contributed by atoms with E-state index in [9.17, 15) is 22.0 Å². The van der Waals surface area contributed by atoms with Crippen molar-refractivity contribution in [3.05, 3.63) is 29.8 Å². The number of nitrogens with zero attached hydrogens (tertiary/aromatic N) is 2. The van der Waals surface area contributed by atoms with Crippen molar-refractivity contribution in [2.75, 3.05) is 20.1 Å². The summed E-state index contributed by atoms with van der Waals surface area (Å²) in [4.78, 5) is 13.6. The number of nitrogens with two attached hydrogens (primary N) is 1. The van der Waals surface area contributed by atoms with Crippen LogP contribution in [0.3, 0.4) is 0 Å². The molecule has 0 spiro atoms. The van der Waals surface area contributed by atoms with E-state index in [4.69, 9.17) is 5.73 Å². The Kier molecular flexibility index (Phi) is 6.31. The quantitative estimate of drug-likeness (QED) is 0.720. The fourth-order valence-corrected chi connectivity index (χ4v) is 6.46. The molecule has 162 valence electrons. The van der Waals surface area contributed by atoms with Gasteiger partial charge in [-0.3, -0.25) is 9.69 Å². The van der Waals surface area contributed by atoms with Crippen LogP contribution < -0.4 is 5.73 Å². The lowest BCUT2D eigenvalue weighted by molar-refractivity contribution is -0.124. The van der Waals surface area contributed by atoms with Crippen molar-refractivity contribution in [3.8, 4) is 0 Å². The number of likely N-dealkylation sites (N-methyl/N-ethyl adjacent to an activating group) is 1. The summed E-state index contributed by atoms with van der Waals surface area (Å²) in [7, 11) is -2.11. The van der Waals surface area contributed by atoms with E-state index in [1.165, 1.54) is 4.31 Å². The predicted octanol–water partition coefficient (Wildman–Crippen LogP) is 2.20. The van der Waals surface area contributed by atoms with Gasteiger partial charge in [-0.15, -0.1) is 0 Å². The van der Waals surface area contributed by atoms with Crippen LogP contribution in [0.2, 0.25) is 0 Å². The third kappa shape index (κ3) is 4.46. The smallest absolute Gasteiger partial charge is 0.243 e. The Morgan fingerprint density at radius 3 is 2.38 bits per heavy atom. The minimum Gasteiger partial charge on any atom is -0.368 e. The van der Waals surface area contributed by atoms with E-state index >= 15 is 0 Å². The predicted molar refractivity (Wildman–Crippen MR) is 105 cm³/mol. The molecule has 2 aliphatic rings. The molecule has 2 fully saturated rings. The van der Waals surface area contributed by atoms with Crippen molar-refractivity contribution in [3.63, 3.8) is 0 Å². The zero-order valence-corrected chi connectivity index (χ0v) is 17.8. The Bertz CT molecular complexity index is 857. The van der Waals surface area contributed by atoms with Crippen LogP contribution >= 0.6 is 0 Å². The molecule has 29 heavy (non-hydrogen) atoms. The number of fused-ring (bicyclic) bond motifs is 1. The van der Waals surface area contributed by atoms with Gasteiger partial charge in [-0.2, -0.15) is 4.31 Å². The largest absolute Gasteiger partial charge is 0.368 e. The van der Waals surface area contributed by atoms with Crippen molar-refractivity contribution in [2.45, 2.75) is 50.1 Å². The fourth-order valence-electron chi connectivity index (χ4n) is 4.89. The minimum atomic E-state index is -3.99. The van der Waals surface area contributed by atoms with Gasteiger partial charge in [0.2, 0.25) is 15.9 Å². The molecule has 1 amide bonds. The molecule has 1 aromatic carbocycles. The summed E-state index contributed by atoms with van der Waals surface area (Å²) in [6.07, 6.45) is 2.36. The molecule has 1 aromatic rings. The number of amides is 1. The summed E-state index contributed by atoms with van der Waals surface area (Å²) in [5.74, 6) is -1.69. The highest BCUT2D eigenvalue weighted by molar-refractivity contribution is 7.89. The van der Waals surface area contributed by atoms with Crippen LogP contribution in [0.25, 0.3) is 0 Å². The summed E-state index contributed by atoms with van der Waals surface area (Å²) in [5.41, 5.74) is 5.63. The second-order valence-corrected chi connectivity index (χ2v) is 10.6. The lowest BCUT2D eigenvalue weighted by atomic mass is 9.94. The molecule has 9 heteroatoms. The number of halogens is 2. The van der Waals surface area contributed by atoms with Gasteiger partial charge in [0, 0.05) is 25.2 Å². The minimum absolute atomic E-state index is 0.0423. The van der Waals surface area contributed by atoms with Gasteiger partial charge >= 0.3 is 0 Å². The van der Waals surface area contributed by atoms with E-state index < -0.39 is 27.7 Å². The van der Waals surface area contributed by atoms with E-state index in [0.717, 1.165) is 25.0 Å². The SMILES string of the molecule is CC(C)C[C@@H](C(N)=O)N(C)[C@@H]1CC[C@H]2CN(S(=O)(=O)c3cc(F)cc(F)c3)C[C@H]21. The van der Waals surface area contributed by atoms with E-state index in [-0.39, 0.29) is 35.2 Å². The van der Waals surface area contributed by atoms with Gasteiger partial charge in [-0.1, -0.05) is 13.8 Å². The van der Waals surface area contributed by atoms with Gasteiger partial charge in [0.25, 0.3) is 0 Å². The van der Waals surface area contributed by atoms with Crippen molar-refractivity contribution in [1.82, 2.24) is 9.21 Å². The summed E-state index contributed by atoms with van der Waals surface area (Å²) >= 11 is 0. The van der Waals surface area contributed by atoms with Crippen LogP contribution in [0.5, 0.6) is 0 Å². The number of hydrogen-bond acceptors (Lipinski definition) is 4. The highest BCUT2D eigenvalue weighted by atomic mass is 32.2. The normalized spacial score (nSPS) is 26.2. The average molecular weight is 430 g/mol. The maximum Gasteiger partial charge on any atom is 0.243 e. The van der Waals surface area contributed by atoms with E-state index in [2.05, 4.69) is 0 Å². The molecule has 1 aliphatic carbocycles. The molecule has 1 saturated carbocycles. The van der Waals surface area contributed by atoms with Gasteiger partial charge in [0.1, 0.15) is 11.6 Å². The standard InChI is InChI=1S/C20H29F2N3O3S/c1-12(2)6-19(20(23)26)24(3)18-5-4-13-10-25(11-17(13)18)29(27,28)16-8-14(21)7-15(22)9-16/h7-9,12-13,17-19H,4-6,10-11H2,1-3H3,(H2,23,26)/t13-,17+,18+,19-/m0/s1. The lowest BCUT2D eigenvalue weighted by Crippen LogP contribution is -2.50. The third-order valence-electron chi connectivity index (χ3n) is 6.30. The van der Waals surface area contributed by atoms with Crippen LogP contribution in [-0.4, -0.2) is 55.8 Å².